The van der Waals surface area contributed by atoms with E-state index in [0.29, 0.717) is 17.2 Å². The van der Waals surface area contributed by atoms with Gasteiger partial charge in [0, 0.05) is 17.2 Å². The van der Waals surface area contributed by atoms with Crippen molar-refractivity contribution in [3.05, 3.63) is 29.3 Å². The van der Waals surface area contributed by atoms with Crippen LogP contribution >= 0.6 is 0 Å². The SMILES string of the molecule is COc1ccc(C(C)=O)cc1CC(=O)NC(C)CCC(C)C. The van der Waals surface area contributed by atoms with Gasteiger partial charge in [-0.05, 0) is 50.8 Å². The summed E-state index contributed by atoms with van der Waals surface area (Å²) in [4.78, 5) is 23.6. The van der Waals surface area contributed by atoms with Crippen molar-refractivity contribution in [1.29, 1.82) is 0 Å². The number of ketones is 1. The molecule has 1 N–H and O–H groups in total. The lowest BCUT2D eigenvalue weighted by atomic mass is 10.0. The van der Waals surface area contributed by atoms with Gasteiger partial charge in [-0.25, -0.2) is 0 Å². The molecule has 1 amide bonds. The highest BCUT2D eigenvalue weighted by molar-refractivity contribution is 5.94. The van der Waals surface area contributed by atoms with Crippen LogP contribution in [0.15, 0.2) is 18.2 Å². The van der Waals surface area contributed by atoms with Gasteiger partial charge in [-0.2, -0.15) is 0 Å². The fraction of sp³-hybridized carbons (Fsp3) is 0.556. The molecular weight excluding hydrogens is 278 g/mol. The Bertz CT molecular complexity index is 523. The Kier molecular flexibility index (Phi) is 7.09. The standard InChI is InChI=1S/C18H27NO3/c1-12(2)6-7-13(3)19-18(21)11-16-10-15(14(4)20)8-9-17(16)22-5/h8-10,12-13H,6-7,11H2,1-5H3,(H,19,21). The molecule has 0 spiro atoms. The Morgan fingerprint density at radius 3 is 2.41 bits per heavy atom. The van der Waals surface area contributed by atoms with Gasteiger partial charge >= 0.3 is 0 Å². The maximum absolute atomic E-state index is 12.2. The molecule has 0 saturated heterocycles. The Hall–Kier alpha value is -1.84. The molecule has 0 fully saturated rings. The highest BCUT2D eigenvalue weighted by Crippen LogP contribution is 2.21. The molecule has 0 saturated carbocycles. The van der Waals surface area contributed by atoms with Crippen LogP contribution in [-0.2, 0) is 11.2 Å². The van der Waals surface area contributed by atoms with Crippen LogP contribution in [0.2, 0.25) is 0 Å². The number of methoxy groups -OCH3 is 1. The monoisotopic (exact) mass is 305 g/mol. The molecular formula is C18H27NO3. The van der Waals surface area contributed by atoms with Gasteiger partial charge in [0.15, 0.2) is 5.78 Å². The van der Waals surface area contributed by atoms with Crippen molar-refractivity contribution in [2.24, 2.45) is 5.92 Å². The van der Waals surface area contributed by atoms with E-state index in [0.717, 1.165) is 18.4 Å². The molecule has 0 heterocycles. The van der Waals surface area contributed by atoms with E-state index in [1.54, 1.807) is 25.3 Å². The number of hydrogen-bond donors (Lipinski definition) is 1. The van der Waals surface area contributed by atoms with Crippen molar-refractivity contribution in [2.75, 3.05) is 7.11 Å². The summed E-state index contributed by atoms with van der Waals surface area (Å²) in [6, 6.07) is 5.34. The number of ether oxygens (including phenoxy) is 1. The highest BCUT2D eigenvalue weighted by Gasteiger charge is 2.13. The number of hydrogen-bond acceptors (Lipinski definition) is 3. The van der Waals surface area contributed by atoms with Crippen LogP contribution in [0.25, 0.3) is 0 Å². The maximum Gasteiger partial charge on any atom is 0.224 e. The van der Waals surface area contributed by atoms with Crippen LogP contribution < -0.4 is 10.1 Å². The van der Waals surface area contributed by atoms with Gasteiger partial charge in [0.1, 0.15) is 5.75 Å². The van der Waals surface area contributed by atoms with Gasteiger partial charge < -0.3 is 10.1 Å². The second kappa shape index (κ2) is 8.57. The molecule has 0 aromatic heterocycles. The lowest BCUT2D eigenvalue weighted by Crippen LogP contribution is -2.34. The zero-order valence-corrected chi connectivity index (χ0v) is 14.2. The smallest absolute Gasteiger partial charge is 0.224 e. The van der Waals surface area contributed by atoms with Gasteiger partial charge in [-0.1, -0.05) is 13.8 Å². The Balaban J connectivity index is 2.70. The molecule has 0 aliphatic carbocycles. The van der Waals surface area contributed by atoms with Crippen LogP contribution in [-0.4, -0.2) is 24.8 Å². The number of rotatable bonds is 8. The second-order valence-electron chi connectivity index (χ2n) is 6.20. The first-order chi connectivity index (χ1) is 10.3. The summed E-state index contributed by atoms with van der Waals surface area (Å²) in [7, 11) is 1.56. The van der Waals surface area contributed by atoms with Crippen molar-refractivity contribution in [2.45, 2.75) is 53.0 Å². The van der Waals surface area contributed by atoms with E-state index in [2.05, 4.69) is 19.2 Å². The first kappa shape index (κ1) is 18.2. The van der Waals surface area contributed by atoms with Crippen molar-refractivity contribution >= 4 is 11.7 Å². The molecule has 0 radical (unpaired) electrons. The van der Waals surface area contributed by atoms with E-state index in [9.17, 15) is 9.59 Å². The largest absolute Gasteiger partial charge is 0.496 e. The Labute approximate surface area is 133 Å². The molecule has 1 aromatic carbocycles. The number of Topliss-reactive ketones (excluding diaryl/α,β-unsaturated/α-hetero) is 1. The van der Waals surface area contributed by atoms with Gasteiger partial charge in [-0.15, -0.1) is 0 Å². The minimum absolute atomic E-state index is 0.0189. The average Bonchev–Trinajstić information content (AvgIpc) is 2.44. The third-order valence-electron chi connectivity index (χ3n) is 3.62. The minimum atomic E-state index is -0.0461. The fourth-order valence-electron chi connectivity index (χ4n) is 2.29. The highest BCUT2D eigenvalue weighted by atomic mass is 16.5. The molecule has 1 unspecified atom stereocenters. The summed E-state index contributed by atoms with van der Waals surface area (Å²) in [5.74, 6) is 1.20. The molecule has 1 aromatic rings. The Morgan fingerprint density at radius 1 is 1.18 bits per heavy atom. The van der Waals surface area contributed by atoms with Crippen molar-refractivity contribution in [3.8, 4) is 5.75 Å². The fourth-order valence-corrected chi connectivity index (χ4v) is 2.29. The van der Waals surface area contributed by atoms with Crippen LogP contribution in [0, 0.1) is 5.92 Å². The normalized spacial score (nSPS) is 12.1. The van der Waals surface area contributed by atoms with Crippen LogP contribution in [0.3, 0.4) is 0 Å². The first-order valence-electron chi connectivity index (χ1n) is 7.80. The summed E-state index contributed by atoms with van der Waals surface area (Å²) >= 11 is 0. The van der Waals surface area contributed by atoms with Gasteiger partial charge in [0.25, 0.3) is 0 Å². The maximum atomic E-state index is 12.2. The molecule has 1 atom stereocenters. The van der Waals surface area contributed by atoms with E-state index in [-0.39, 0.29) is 24.2 Å². The quantitative estimate of drug-likeness (QED) is 0.749. The predicted octanol–water partition coefficient (Wildman–Crippen LogP) is 3.38. The summed E-state index contributed by atoms with van der Waals surface area (Å²) in [5.41, 5.74) is 1.33. The van der Waals surface area contributed by atoms with Crippen LogP contribution in [0.1, 0.15) is 56.5 Å². The van der Waals surface area contributed by atoms with E-state index in [1.165, 1.54) is 6.92 Å². The molecule has 0 bridgehead atoms. The predicted molar refractivity (Wildman–Crippen MR) is 88.4 cm³/mol. The lowest BCUT2D eigenvalue weighted by Gasteiger charge is -2.16. The van der Waals surface area contributed by atoms with E-state index < -0.39 is 0 Å². The molecule has 4 nitrogen and oxygen atoms in total. The molecule has 22 heavy (non-hydrogen) atoms. The zero-order valence-electron chi connectivity index (χ0n) is 14.2. The van der Waals surface area contributed by atoms with E-state index in [1.807, 2.05) is 6.92 Å². The minimum Gasteiger partial charge on any atom is -0.496 e. The van der Waals surface area contributed by atoms with Crippen LogP contribution in [0.5, 0.6) is 5.75 Å². The Morgan fingerprint density at radius 2 is 1.86 bits per heavy atom. The number of nitrogens with one attached hydrogen (secondary N) is 1. The van der Waals surface area contributed by atoms with Gasteiger partial charge in [0.05, 0.1) is 13.5 Å². The molecule has 0 aliphatic rings. The summed E-state index contributed by atoms with van der Waals surface area (Å²) in [6.07, 6.45) is 2.27. The van der Waals surface area contributed by atoms with Crippen molar-refractivity contribution in [3.63, 3.8) is 0 Å². The molecule has 1 rings (SSSR count). The number of carbonyl (C=O) groups is 2. The average molecular weight is 305 g/mol. The van der Waals surface area contributed by atoms with Crippen LogP contribution in [0.4, 0.5) is 0 Å². The molecule has 122 valence electrons. The third-order valence-corrected chi connectivity index (χ3v) is 3.62. The number of benzene rings is 1. The molecule has 4 heteroatoms. The third kappa shape index (κ3) is 5.88. The van der Waals surface area contributed by atoms with E-state index >= 15 is 0 Å². The van der Waals surface area contributed by atoms with Gasteiger partial charge in [0.2, 0.25) is 5.91 Å². The summed E-state index contributed by atoms with van der Waals surface area (Å²) in [6.45, 7) is 7.88. The summed E-state index contributed by atoms with van der Waals surface area (Å²) in [5, 5.41) is 3.00. The van der Waals surface area contributed by atoms with Crippen molar-refractivity contribution in [1.82, 2.24) is 5.32 Å². The number of carbonyl (C=O) groups excluding carboxylic acids is 2. The van der Waals surface area contributed by atoms with E-state index in [4.69, 9.17) is 4.74 Å². The zero-order chi connectivity index (χ0) is 16.7. The first-order valence-corrected chi connectivity index (χ1v) is 7.80. The summed E-state index contributed by atoms with van der Waals surface area (Å²) < 4.78 is 5.27. The second-order valence-corrected chi connectivity index (χ2v) is 6.20. The van der Waals surface area contributed by atoms with Crippen molar-refractivity contribution < 1.29 is 14.3 Å². The lowest BCUT2D eigenvalue weighted by molar-refractivity contribution is -0.121. The van der Waals surface area contributed by atoms with Gasteiger partial charge in [-0.3, -0.25) is 9.59 Å². The number of amides is 1. The topological polar surface area (TPSA) is 55.4 Å². The molecule has 0 aliphatic heterocycles.